The van der Waals surface area contributed by atoms with Gasteiger partial charge in [0, 0.05) is 5.69 Å². The van der Waals surface area contributed by atoms with Gasteiger partial charge in [0.15, 0.2) is 0 Å². The van der Waals surface area contributed by atoms with Crippen LogP contribution >= 0.6 is 0 Å². The summed E-state index contributed by atoms with van der Waals surface area (Å²) in [6, 6.07) is 16.0. The van der Waals surface area contributed by atoms with Crippen LogP contribution in [0.1, 0.15) is 31.9 Å². The van der Waals surface area contributed by atoms with Gasteiger partial charge in [-0.25, -0.2) is 0 Å². The van der Waals surface area contributed by atoms with Crippen molar-refractivity contribution in [2.45, 2.75) is 32.8 Å². The Labute approximate surface area is 115 Å². The first-order chi connectivity index (χ1) is 8.95. The van der Waals surface area contributed by atoms with Crippen molar-refractivity contribution in [3.05, 3.63) is 59.7 Å². The predicted octanol–water partition coefficient (Wildman–Crippen LogP) is 4.15. The van der Waals surface area contributed by atoms with Gasteiger partial charge in [0.2, 0.25) is 0 Å². The quantitative estimate of drug-likeness (QED) is 0.836. The molecular formula is C17H21NO. The van der Waals surface area contributed by atoms with Crippen molar-refractivity contribution in [3.63, 3.8) is 0 Å². The lowest BCUT2D eigenvalue weighted by Gasteiger charge is -2.19. The molecule has 0 amide bonds. The summed E-state index contributed by atoms with van der Waals surface area (Å²) in [6.07, 6.45) is 0. The number of hydrogen-bond donors (Lipinski definition) is 1. The van der Waals surface area contributed by atoms with Crippen LogP contribution in [0.2, 0.25) is 0 Å². The van der Waals surface area contributed by atoms with Crippen LogP contribution < -0.4 is 10.5 Å². The number of anilines is 1. The highest BCUT2D eigenvalue weighted by Crippen LogP contribution is 2.26. The molecule has 0 spiro atoms. The van der Waals surface area contributed by atoms with Gasteiger partial charge in [-0.15, -0.1) is 0 Å². The van der Waals surface area contributed by atoms with Crippen molar-refractivity contribution in [1.29, 1.82) is 0 Å². The van der Waals surface area contributed by atoms with Gasteiger partial charge in [-0.05, 0) is 40.8 Å². The van der Waals surface area contributed by atoms with Crippen LogP contribution in [0.4, 0.5) is 5.69 Å². The van der Waals surface area contributed by atoms with Crippen LogP contribution in [0.3, 0.4) is 0 Å². The van der Waals surface area contributed by atoms with Gasteiger partial charge in [0.1, 0.15) is 12.4 Å². The summed E-state index contributed by atoms with van der Waals surface area (Å²) in [7, 11) is 0. The second-order valence-corrected chi connectivity index (χ2v) is 5.81. The minimum absolute atomic E-state index is 0.135. The van der Waals surface area contributed by atoms with Gasteiger partial charge < -0.3 is 10.5 Å². The van der Waals surface area contributed by atoms with Crippen molar-refractivity contribution in [2.75, 3.05) is 5.73 Å². The van der Waals surface area contributed by atoms with Gasteiger partial charge in [0.05, 0.1) is 0 Å². The van der Waals surface area contributed by atoms with Crippen LogP contribution in [-0.4, -0.2) is 0 Å². The molecule has 2 heteroatoms. The van der Waals surface area contributed by atoms with Crippen molar-refractivity contribution in [1.82, 2.24) is 0 Å². The highest BCUT2D eigenvalue weighted by Gasteiger charge is 2.13. The van der Waals surface area contributed by atoms with E-state index in [4.69, 9.17) is 10.5 Å². The molecule has 2 N–H and O–H groups in total. The van der Waals surface area contributed by atoms with E-state index in [-0.39, 0.29) is 5.41 Å². The lowest BCUT2D eigenvalue weighted by molar-refractivity contribution is 0.305. The molecule has 0 fully saturated rings. The predicted molar refractivity (Wildman–Crippen MR) is 80.3 cm³/mol. The molecule has 0 aromatic heterocycles. The van der Waals surface area contributed by atoms with Crippen LogP contribution in [0.5, 0.6) is 5.75 Å². The molecular weight excluding hydrogens is 234 g/mol. The summed E-state index contributed by atoms with van der Waals surface area (Å²) >= 11 is 0. The van der Waals surface area contributed by atoms with Crippen LogP contribution in [0.15, 0.2) is 48.5 Å². The molecule has 0 atom stereocenters. The second-order valence-electron chi connectivity index (χ2n) is 5.81. The van der Waals surface area contributed by atoms with Crippen molar-refractivity contribution >= 4 is 5.69 Å². The number of benzene rings is 2. The first kappa shape index (κ1) is 13.5. The Hall–Kier alpha value is -1.96. The second kappa shape index (κ2) is 5.35. The zero-order valence-corrected chi connectivity index (χ0v) is 11.8. The number of nitrogens with two attached hydrogens (primary N) is 1. The normalized spacial score (nSPS) is 11.3. The molecule has 2 aromatic carbocycles. The van der Waals surface area contributed by atoms with Gasteiger partial charge >= 0.3 is 0 Å². The average Bonchev–Trinajstić information content (AvgIpc) is 2.36. The van der Waals surface area contributed by atoms with E-state index in [9.17, 15) is 0 Å². The molecule has 2 nitrogen and oxygen atoms in total. The first-order valence-corrected chi connectivity index (χ1v) is 6.53. The van der Waals surface area contributed by atoms with Gasteiger partial charge in [-0.2, -0.15) is 0 Å². The lowest BCUT2D eigenvalue weighted by atomic mass is 9.87. The van der Waals surface area contributed by atoms with E-state index in [1.165, 1.54) is 5.56 Å². The van der Waals surface area contributed by atoms with E-state index >= 15 is 0 Å². The Morgan fingerprint density at radius 2 is 1.74 bits per heavy atom. The molecule has 19 heavy (non-hydrogen) atoms. The largest absolute Gasteiger partial charge is 0.489 e. The van der Waals surface area contributed by atoms with E-state index in [1.807, 2.05) is 36.4 Å². The highest BCUT2D eigenvalue weighted by atomic mass is 16.5. The summed E-state index contributed by atoms with van der Waals surface area (Å²) in [4.78, 5) is 0. The minimum atomic E-state index is 0.135. The Bertz CT molecular complexity index is 555. The zero-order chi connectivity index (χ0) is 13.9. The smallest absolute Gasteiger partial charge is 0.120 e. The summed E-state index contributed by atoms with van der Waals surface area (Å²) in [6.45, 7) is 7.14. The van der Waals surface area contributed by atoms with E-state index in [2.05, 4.69) is 32.9 Å². The number of hydrogen-bond acceptors (Lipinski definition) is 2. The third kappa shape index (κ3) is 3.75. The number of nitrogen functional groups attached to an aromatic ring is 1. The average molecular weight is 255 g/mol. The number of rotatable bonds is 3. The molecule has 0 aliphatic heterocycles. The van der Waals surface area contributed by atoms with Crippen molar-refractivity contribution in [3.8, 4) is 5.75 Å². The topological polar surface area (TPSA) is 35.2 Å². The molecule has 100 valence electrons. The molecule has 0 unspecified atom stereocenters. The van der Waals surface area contributed by atoms with E-state index in [0.717, 1.165) is 17.0 Å². The Kier molecular flexibility index (Phi) is 3.79. The molecule has 0 radical (unpaired) electrons. The van der Waals surface area contributed by atoms with Gasteiger partial charge in [-0.1, -0.05) is 45.0 Å². The number of ether oxygens (including phenoxy) is 1. The fourth-order valence-corrected chi connectivity index (χ4v) is 1.90. The van der Waals surface area contributed by atoms with Crippen molar-refractivity contribution < 1.29 is 4.74 Å². The maximum atomic E-state index is 5.83. The first-order valence-electron chi connectivity index (χ1n) is 6.53. The zero-order valence-electron chi connectivity index (χ0n) is 11.8. The maximum Gasteiger partial charge on any atom is 0.120 e. The molecule has 0 aliphatic carbocycles. The fraction of sp³-hybridized carbons (Fsp3) is 0.294. The standard InChI is InChI=1S/C17H21NO/c1-17(2,3)14-7-5-9-16(11-14)19-12-13-6-4-8-15(18)10-13/h4-11H,12,18H2,1-3H3. The molecule has 0 saturated heterocycles. The summed E-state index contributed by atoms with van der Waals surface area (Å²) < 4.78 is 5.83. The van der Waals surface area contributed by atoms with Gasteiger partial charge in [-0.3, -0.25) is 0 Å². The SMILES string of the molecule is CC(C)(C)c1cccc(OCc2cccc(N)c2)c1. The van der Waals surface area contributed by atoms with Crippen LogP contribution in [0, 0.1) is 0 Å². The minimum Gasteiger partial charge on any atom is -0.489 e. The van der Waals surface area contributed by atoms with E-state index in [0.29, 0.717) is 6.61 Å². The van der Waals surface area contributed by atoms with Crippen LogP contribution in [0.25, 0.3) is 0 Å². The highest BCUT2D eigenvalue weighted by molar-refractivity contribution is 5.40. The lowest BCUT2D eigenvalue weighted by Crippen LogP contribution is -2.10. The monoisotopic (exact) mass is 255 g/mol. The van der Waals surface area contributed by atoms with E-state index in [1.54, 1.807) is 0 Å². The molecule has 0 heterocycles. The summed E-state index contributed by atoms with van der Waals surface area (Å²) in [5.74, 6) is 0.898. The summed E-state index contributed by atoms with van der Waals surface area (Å²) in [5.41, 5.74) is 9.02. The third-order valence-corrected chi connectivity index (χ3v) is 3.06. The van der Waals surface area contributed by atoms with Gasteiger partial charge in [0.25, 0.3) is 0 Å². The third-order valence-electron chi connectivity index (χ3n) is 3.06. The van der Waals surface area contributed by atoms with E-state index < -0.39 is 0 Å². The van der Waals surface area contributed by atoms with Crippen molar-refractivity contribution in [2.24, 2.45) is 0 Å². The Morgan fingerprint density at radius 3 is 2.42 bits per heavy atom. The molecule has 2 aromatic rings. The van der Waals surface area contributed by atoms with Crippen LogP contribution in [-0.2, 0) is 12.0 Å². The molecule has 2 rings (SSSR count). The fourth-order valence-electron chi connectivity index (χ4n) is 1.90. The maximum absolute atomic E-state index is 5.83. The summed E-state index contributed by atoms with van der Waals surface area (Å²) in [5, 5.41) is 0. The Balaban J connectivity index is 2.08. The molecule has 0 bridgehead atoms. The molecule has 0 saturated carbocycles. The molecule has 0 aliphatic rings. The Morgan fingerprint density at radius 1 is 1.00 bits per heavy atom.